The average molecular weight is 512 g/mol. The van der Waals surface area contributed by atoms with Crippen molar-refractivity contribution in [1.82, 2.24) is 24.8 Å². The number of benzene rings is 2. The minimum atomic E-state index is -0.968. The number of aromatic nitrogens is 5. The third-order valence-corrected chi connectivity index (χ3v) is 8.07. The van der Waals surface area contributed by atoms with E-state index >= 15 is 0 Å². The first kappa shape index (κ1) is 24.4. The van der Waals surface area contributed by atoms with Crippen LogP contribution in [-0.4, -0.2) is 42.0 Å². The minimum Gasteiger partial charge on any atom is -0.490 e. The van der Waals surface area contributed by atoms with Gasteiger partial charge >= 0.3 is 5.97 Å². The fourth-order valence-electron chi connectivity index (χ4n) is 5.93. The summed E-state index contributed by atoms with van der Waals surface area (Å²) in [5.41, 5.74) is 4.74. The predicted octanol–water partition coefficient (Wildman–Crippen LogP) is 5.98. The summed E-state index contributed by atoms with van der Waals surface area (Å²) in [6, 6.07) is 16.3. The van der Waals surface area contributed by atoms with Crippen molar-refractivity contribution in [3.8, 4) is 22.6 Å². The quantitative estimate of drug-likeness (QED) is 0.312. The van der Waals surface area contributed by atoms with E-state index in [1.54, 1.807) is 9.36 Å². The Labute approximate surface area is 222 Å². The van der Waals surface area contributed by atoms with Crippen molar-refractivity contribution in [2.24, 2.45) is 13.0 Å². The number of nitrogens with zero attached hydrogens (tertiary/aromatic N) is 5. The first-order valence-electron chi connectivity index (χ1n) is 13.5. The van der Waals surface area contributed by atoms with Gasteiger partial charge < -0.3 is 9.84 Å². The summed E-state index contributed by atoms with van der Waals surface area (Å²) < 4.78 is 9.83. The summed E-state index contributed by atoms with van der Waals surface area (Å²) in [4.78, 5) is 12.1. The van der Waals surface area contributed by atoms with E-state index in [1.807, 2.05) is 37.5 Å². The monoisotopic (exact) mass is 511 g/mol. The molecule has 0 bridgehead atoms. The Bertz CT molecular complexity index is 1450. The lowest BCUT2D eigenvalue weighted by Crippen LogP contribution is -2.25. The molecule has 0 spiro atoms. The number of aromatic carboxylic acids is 1. The molecule has 6 rings (SSSR count). The van der Waals surface area contributed by atoms with Crippen LogP contribution in [0.1, 0.15) is 79.0 Å². The molecule has 3 atom stereocenters. The number of rotatable bonds is 8. The molecule has 2 aliphatic rings. The van der Waals surface area contributed by atoms with Crippen LogP contribution >= 0.6 is 0 Å². The van der Waals surface area contributed by atoms with Gasteiger partial charge in [-0.25, -0.2) is 9.48 Å². The maximum atomic E-state index is 12.1. The van der Waals surface area contributed by atoms with Gasteiger partial charge in [0.25, 0.3) is 0 Å². The van der Waals surface area contributed by atoms with Crippen molar-refractivity contribution in [1.29, 1.82) is 0 Å². The standard InChI is InChI=1S/C30H33N5O3/c1-19(20-8-4-3-5-9-20)38-24-13-7-11-22(15-24)21-10-6-12-23(14-21)35-29(27(17-31-35)30(36)37)26-16-25(26)28-18-34(2)33-32-28/h6-7,10-15,17-20,25-26H,3-5,8-9,16H2,1-2H3,(H,36,37)/t19-,25-,26+/m0/s1. The molecule has 0 radical (unpaired) electrons. The highest BCUT2D eigenvalue weighted by Gasteiger charge is 2.46. The van der Waals surface area contributed by atoms with Crippen LogP contribution in [0.4, 0.5) is 0 Å². The van der Waals surface area contributed by atoms with Crippen molar-refractivity contribution in [2.75, 3.05) is 0 Å². The maximum absolute atomic E-state index is 12.1. The SMILES string of the molecule is C[C@H](Oc1cccc(-c2cccc(-n3ncc(C(=O)O)c3[C@@H]3C[C@@H]3c3cn(C)nn3)c2)c1)C1CCCCC1. The highest BCUT2D eigenvalue weighted by Crippen LogP contribution is 2.55. The average Bonchev–Trinajstić information content (AvgIpc) is 3.38. The molecule has 2 aromatic heterocycles. The van der Waals surface area contributed by atoms with Crippen LogP contribution in [0.15, 0.2) is 60.9 Å². The molecule has 2 fully saturated rings. The van der Waals surface area contributed by atoms with Crippen LogP contribution < -0.4 is 4.74 Å². The summed E-state index contributed by atoms with van der Waals surface area (Å²) in [7, 11) is 1.84. The van der Waals surface area contributed by atoms with Gasteiger partial charge in [-0.15, -0.1) is 5.10 Å². The second-order valence-corrected chi connectivity index (χ2v) is 10.7. The van der Waals surface area contributed by atoms with E-state index in [1.165, 1.54) is 38.3 Å². The smallest absolute Gasteiger partial charge is 0.339 e. The van der Waals surface area contributed by atoms with Gasteiger partial charge in [-0.05, 0) is 67.5 Å². The normalized spacial score (nSPS) is 20.3. The topological polar surface area (TPSA) is 95.1 Å². The second-order valence-electron chi connectivity index (χ2n) is 10.7. The number of aryl methyl sites for hydroxylation is 1. The second kappa shape index (κ2) is 10.1. The summed E-state index contributed by atoms with van der Waals surface area (Å²) in [6.45, 7) is 2.19. The third kappa shape index (κ3) is 4.83. The van der Waals surface area contributed by atoms with Crippen molar-refractivity contribution in [3.63, 3.8) is 0 Å². The van der Waals surface area contributed by atoms with Crippen LogP contribution in [0.3, 0.4) is 0 Å². The van der Waals surface area contributed by atoms with Crippen molar-refractivity contribution < 1.29 is 14.6 Å². The summed E-state index contributed by atoms with van der Waals surface area (Å²) in [6.07, 6.45) is 10.8. The molecule has 2 aliphatic carbocycles. The molecule has 0 amide bonds. The predicted molar refractivity (Wildman–Crippen MR) is 144 cm³/mol. The molecule has 2 aromatic carbocycles. The maximum Gasteiger partial charge on any atom is 0.339 e. The fraction of sp³-hybridized carbons (Fsp3) is 0.400. The highest BCUT2D eigenvalue weighted by molar-refractivity contribution is 5.89. The molecular formula is C30H33N5O3. The summed E-state index contributed by atoms with van der Waals surface area (Å²) in [5.74, 6) is 0.695. The molecule has 38 heavy (non-hydrogen) atoms. The lowest BCUT2D eigenvalue weighted by molar-refractivity contribution is 0.0695. The highest BCUT2D eigenvalue weighted by atomic mass is 16.5. The van der Waals surface area contributed by atoms with Crippen molar-refractivity contribution >= 4 is 5.97 Å². The fourth-order valence-corrected chi connectivity index (χ4v) is 5.93. The van der Waals surface area contributed by atoms with Crippen LogP contribution in [0.25, 0.3) is 16.8 Å². The molecule has 1 N–H and O–H groups in total. The zero-order valence-corrected chi connectivity index (χ0v) is 21.8. The number of carboxylic acids is 1. The van der Waals surface area contributed by atoms with Gasteiger partial charge in [0.2, 0.25) is 0 Å². The molecule has 2 heterocycles. The third-order valence-electron chi connectivity index (χ3n) is 8.07. The number of carboxylic acid groups (broad SMARTS) is 1. The number of ether oxygens (including phenoxy) is 1. The van der Waals surface area contributed by atoms with Gasteiger partial charge in [0.05, 0.1) is 29.4 Å². The largest absolute Gasteiger partial charge is 0.490 e. The Balaban J connectivity index is 1.28. The number of hydrogen-bond donors (Lipinski definition) is 1. The van der Waals surface area contributed by atoms with Gasteiger partial charge in [0, 0.05) is 25.1 Å². The lowest BCUT2D eigenvalue weighted by Gasteiger charge is -2.28. The Morgan fingerprint density at radius 2 is 1.82 bits per heavy atom. The van der Waals surface area contributed by atoms with Gasteiger partial charge in [0.1, 0.15) is 11.3 Å². The van der Waals surface area contributed by atoms with E-state index in [-0.39, 0.29) is 23.5 Å². The molecule has 8 heteroatoms. The first-order valence-corrected chi connectivity index (χ1v) is 13.5. The summed E-state index contributed by atoms with van der Waals surface area (Å²) >= 11 is 0. The van der Waals surface area contributed by atoms with Gasteiger partial charge in [-0.3, -0.25) is 4.68 Å². The van der Waals surface area contributed by atoms with E-state index in [2.05, 4.69) is 46.6 Å². The zero-order valence-electron chi connectivity index (χ0n) is 21.8. The van der Waals surface area contributed by atoms with E-state index in [0.29, 0.717) is 11.6 Å². The van der Waals surface area contributed by atoms with Crippen LogP contribution in [0, 0.1) is 5.92 Å². The van der Waals surface area contributed by atoms with Gasteiger partial charge in [-0.1, -0.05) is 48.7 Å². The zero-order chi connectivity index (χ0) is 26.2. The molecule has 4 aromatic rings. The Morgan fingerprint density at radius 3 is 2.55 bits per heavy atom. The van der Waals surface area contributed by atoms with Crippen molar-refractivity contribution in [2.45, 2.75) is 63.4 Å². The Hall–Kier alpha value is -3.94. The van der Waals surface area contributed by atoms with E-state index in [0.717, 1.165) is 34.7 Å². The molecule has 8 nitrogen and oxygen atoms in total. The van der Waals surface area contributed by atoms with Crippen LogP contribution in [0.2, 0.25) is 0 Å². The molecular weight excluding hydrogens is 478 g/mol. The van der Waals surface area contributed by atoms with Gasteiger partial charge in [0.15, 0.2) is 0 Å². The van der Waals surface area contributed by atoms with E-state index in [9.17, 15) is 9.90 Å². The molecule has 0 aliphatic heterocycles. The van der Waals surface area contributed by atoms with Gasteiger partial charge in [-0.2, -0.15) is 5.10 Å². The minimum absolute atomic E-state index is 0.0296. The molecule has 196 valence electrons. The molecule has 2 saturated carbocycles. The van der Waals surface area contributed by atoms with Crippen molar-refractivity contribution in [3.05, 3.63) is 77.9 Å². The van der Waals surface area contributed by atoms with Crippen LogP contribution in [0.5, 0.6) is 5.75 Å². The van der Waals surface area contributed by atoms with E-state index in [4.69, 9.17) is 4.74 Å². The number of hydrogen-bond acceptors (Lipinski definition) is 5. The van der Waals surface area contributed by atoms with Crippen LogP contribution in [-0.2, 0) is 7.05 Å². The molecule has 0 saturated heterocycles. The van der Waals surface area contributed by atoms with E-state index < -0.39 is 5.97 Å². The Kier molecular flexibility index (Phi) is 6.47. The Morgan fingerprint density at radius 1 is 1.05 bits per heavy atom. The summed E-state index contributed by atoms with van der Waals surface area (Å²) in [5, 5.41) is 22.7. The lowest BCUT2D eigenvalue weighted by atomic mass is 9.86. The number of carbonyl (C=O) groups is 1. The first-order chi connectivity index (χ1) is 18.5. The molecule has 0 unspecified atom stereocenters.